The highest BCUT2D eigenvalue weighted by Crippen LogP contribution is 2.65. The van der Waals surface area contributed by atoms with Gasteiger partial charge in [0.15, 0.2) is 11.4 Å². The number of Topliss-reactive ketones (excluding diaryl/α,β-unsaturated/α-hetero) is 3. The summed E-state index contributed by atoms with van der Waals surface area (Å²) in [5.41, 5.74) is 5.46. The van der Waals surface area contributed by atoms with Gasteiger partial charge in [-0.25, -0.2) is 0 Å². The highest BCUT2D eigenvalue weighted by atomic mass is 16.3. The summed E-state index contributed by atoms with van der Waals surface area (Å²) in [6.07, 6.45) is 0.479. The number of phenols is 1. The molecule has 3 aliphatic rings. The quantitative estimate of drug-likeness (QED) is 0.302. The van der Waals surface area contributed by atoms with Gasteiger partial charge in [0.1, 0.15) is 11.5 Å². The number of aryl methyl sites for hydroxylation is 1. The molecule has 4 atom stereocenters. The van der Waals surface area contributed by atoms with Crippen molar-refractivity contribution in [1.82, 2.24) is 0 Å². The molecule has 5 rings (SSSR count). The van der Waals surface area contributed by atoms with E-state index in [0.29, 0.717) is 16.7 Å². The molecule has 0 amide bonds. The van der Waals surface area contributed by atoms with Gasteiger partial charge in [-0.15, -0.1) is 0 Å². The van der Waals surface area contributed by atoms with E-state index in [2.05, 4.69) is 0 Å². The molecule has 1 saturated carbocycles. The number of phenolic OH excluding ortho intramolecular Hbond substituents is 1. The van der Waals surface area contributed by atoms with Gasteiger partial charge < -0.3 is 21.1 Å². The lowest BCUT2D eigenvalue weighted by Crippen LogP contribution is -2.70. The van der Waals surface area contributed by atoms with Crippen LogP contribution in [-0.2, 0) is 27.3 Å². The van der Waals surface area contributed by atoms with Crippen molar-refractivity contribution in [2.75, 3.05) is 0 Å². The Labute approximate surface area is 240 Å². The summed E-state index contributed by atoms with van der Waals surface area (Å²) in [6, 6.07) is 9.74. The lowest BCUT2D eigenvalue weighted by Gasteiger charge is -2.60. The molecule has 0 saturated heterocycles. The highest BCUT2D eigenvalue weighted by Gasteiger charge is 2.72. The maximum atomic E-state index is 14.5. The van der Waals surface area contributed by atoms with E-state index in [4.69, 9.17) is 5.73 Å². The lowest BCUT2D eigenvalue weighted by atomic mass is 9.42. The summed E-state index contributed by atoms with van der Waals surface area (Å²) in [5.74, 6) is -3.56. The SMILES string of the molecule is CC(=O)C1=C(C)[C@@H](C(C)C)[C@]2(C)C[C@]3(C)Cc4c(-c5ccc(C)cc5)cc(CN)c(O)c4C(O)=C3C(=O)[C@]2(O)C1=O. The number of benzene rings is 2. The number of carbonyl (C=O) groups excluding carboxylic acids is 3. The van der Waals surface area contributed by atoms with Crippen molar-refractivity contribution in [3.63, 3.8) is 0 Å². The Morgan fingerprint density at radius 2 is 1.68 bits per heavy atom. The Balaban J connectivity index is 1.84. The van der Waals surface area contributed by atoms with Crippen molar-refractivity contribution in [2.24, 2.45) is 28.4 Å². The second kappa shape index (κ2) is 9.23. The molecule has 3 aliphatic carbocycles. The normalized spacial score (nSPS) is 29.5. The molecule has 1 fully saturated rings. The molecule has 2 aromatic carbocycles. The van der Waals surface area contributed by atoms with Crippen molar-refractivity contribution in [3.8, 4) is 16.9 Å². The summed E-state index contributed by atoms with van der Waals surface area (Å²) >= 11 is 0. The second-order valence-corrected chi connectivity index (χ2v) is 13.1. The smallest absolute Gasteiger partial charge is 0.206 e. The van der Waals surface area contributed by atoms with Gasteiger partial charge in [-0.2, -0.15) is 0 Å². The largest absolute Gasteiger partial charge is 0.507 e. The van der Waals surface area contributed by atoms with Crippen LogP contribution in [0.5, 0.6) is 5.75 Å². The van der Waals surface area contributed by atoms with Crippen LogP contribution in [0.3, 0.4) is 0 Å². The zero-order valence-corrected chi connectivity index (χ0v) is 24.8. The molecule has 0 spiro atoms. The highest BCUT2D eigenvalue weighted by molar-refractivity contribution is 6.33. The minimum atomic E-state index is -2.55. The Morgan fingerprint density at radius 3 is 2.22 bits per heavy atom. The third-order valence-electron chi connectivity index (χ3n) is 9.97. The molecule has 216 valence electrons. The van der Waals surface area contributed by atoms with E-state index in [0.717, 1.165) is 16.7 Å². The third kappa shape index (κ3) is 3.68. The van der Waals surface area contributed by atoms with Crippen molar-refractivity contribution in [3.05, 3.63) is 69.3 Å². The lowest BCUT2D eigenvalue weighted by molar-refractivity contribution is -0.180. The predicted octanol–water partition coefficient (Wildman–Crippen LogP) is 5.13. The fourth-order valence-corrected chi connectivity index (χ4v) is 8.52. The van der Waals surface area contributed by atoms with Crippen LogP contribution in [0, 0.1) is 29.6 Å². The van der Waals surface area contributed by atoms with Crippen LogP contribution in [-0.4, -0.2) is 38.3 Å². The molecule has 0 aromatic heterocycles. The summed E-state index contributed by atoms with van der Waals surface area (Å²) in [5, 5.41) is 35.4. The van der Waals surface area contributed by atoms with Gasteiger partial charge in [0.05, 0.1) is 11.1 Å². The first-order chi connectivity index (χ1) is 19.0. The first-order valence-corrected chi connectivity index (χ1v) is 14.2. The minimum absolute atomic E-state index is 0.00555. The number of fused-ring (bicyclic) bond motifs is 3. The van der Waals surface area contributed by atoms with Crippen molar-refractivity contribution < 1.29 is 29.7 Å². The number of aliphatic hydroxyl groups is 2. The van der Waals surface area contributed by atoms with Crippen molar-refractivity contribution >= 4 is 23.1 Å². The van der Waals surface area contributed by atoms with Gasteiger partial charge in [0.2, 0.25) is 11.6 Å². The first kappa shape index (κ1) is 29.0. The Kier molecular flexibility index (Phi) is 6.52. The van der Waals surface area contributed by atoms with E-state index in [1.165, 1.54) is 6.92 Å². The molecular weight excluding hydrogens is 518 g/mol. The Hall–Kier alpha value is -3.55. The second-order valence-electron chi connectivity index (χ2n) is 13.1. The van der Waals surface area contributed by atoms with E-state index in [9.17, 15) is 29.7 Å². The first-order valence-electron chi connectivity index (χ1n) is 14.2. The zero-order valence-electron chi connectivity index (χ0n) is 24.8. The molecule has 0 radical (unpaired) electrons. The van der Waals surface area contributed by atoms with Crippen LogP contribution >= 0.6 is 0 Å². The number of aliphatic hydroxyl groups excluding tert-OH is 1. The summed E-state index contributed by atoms with van der Waals surface area (Å²) in [6.45, 7) is 12.6. The van der Waals surface area contributed by atoms with Gasteiger partial charge >= 0.3 is 0 Å². The van der Waals surface area contributed by atoms with E-state index in [-0.39, 0.29) is 47.8 Å². The van der Waals surface area contributed by atoms with Crippen LogP contribution in [0.1, 0.15) is 70.2 Å². The van der Waals surface area contributed by atoms with Crippen molar-refractivity contribution in [2.45, 2.75) is 73.5 Å². The summed E-state index contributed by atoms with van der Waals surface area (Å²) in [4.78, 5) is 41.2. The molecule has 0 bridgehead atoms. The number of hydrogen-bond acceptors (Lipinski definition) is 7. The standard InChI is InChI=1S/C34H39NO6/c1-16(2)26-18(4)24(19(5)36)30(39)34(41)31(40)27-29(38)25-23(13-32(27,6)15-33(26,34)7)22(12-21(14-35)28(25)37)20-10-8-17(3)9-11-20/h8-12,16,26,37-38,41H,13-15,35H2,1-7H3/t26-,32+,33+,34-/m1/s1. The molecule has 0 heterocycles. The molecule has 41 heavy (non-hydrogen) atoms. The number of hydrogen-bond donors (Lipinski definition) is 4. The van der Waals surface area contributed by atoms with Gasteiger partial charge in [0.25, 0.3) is 0 Å². The van der Waals surface area contributed by atoms with Crippen LogP contribution in [0.2, 0.25) is 0 Å². The number of allylic oxidation sites excluding steroid dienone is 1. The number of ketones is 3. The maximum Gasteiger partial charge on any atom is 0.206 e. The average molecular weight is 558 g/mol. The third-order valence-corrected chi connectivity index (χ3v) is 9.97. The predicted molar refractivity (Wildman–Crippen MR) is 157 cm³/mol. The molecule has 2 aromatic rings. The zero-order chi connectivity index (χ0) is 30.4. The van der Waals surface area contributed by atoms with E-state index in [1.54, 1.807) is 13.8 Å². The average Bonchev–Trinajstić information content (AvgIpc) is 2.86. The minimum Gasteiger partial charge on any atom is -0.507 e. The number of nitrogens with two attached hydrogens (primary N) is 1. The van der Waals surface area contributed by atoms with E-state index in [1.807, 2.05) is 58.0 Å². The Morgan fingerprint density at radius 1 is 1.07 bits per heavy atom. The monoisotopic (exact) mass is 557 g/mol. The van der Waals surface area contributed by atoms with Gasteiger partial charge in [0, 0.05) is 28.5 Å². The maximum absolute atomic E-state index is 14.5. The Bertz CT molecular complexity index is 1600. The van der Waals surface area contributed by atoms with E-state index >= 15 is 0 Å². The van der Waals surface area contributed by atoms with Gasteiger partial charge in [-0.1, -0.05) is 63.1 Å². The number of rotatable bonds is 4. The summed E-state index contributed by atoms with van der Waals surface area (Å²) < 4.78 is 0. The number of carbonyl (C=O) groups is 3. The fraction of sp³-hybridized carbons (Fsp3) is 0.441. The molecule has 7 nitrogen and oxygen atoms in total. The number of aromatic hydroxyl groups is 1. The topological polar surface area (TPSA) is 138 Å². The summed E-state index contributed by atoms with van der Waals surface area (Å²) in [7, 11) is 0. The molecular formula is C34H39NO6. The van der Waals surface area contributed by atoms with E-state index < -0.39 is 45.5 Å². The fourth-order valence-electron chi connectivity index (χ4n) is 8.52. The van der Waals surface area contributed by atoms with Crippen molar-refractivity contribution in [1.29, 1.82) is 0 Å². The van der Waals surface area contributed by atoms with Crippen LogP contribution in [0.15, 0.2) is 47.1 Å². The van der Waals surface area contributed by atoms with Crippen LogP contribution in [0.4, 0.5) is 0 Å². The van der Waals surface area contributed by atoms with Crippen LogP contribution in [0.25, 0.3) is 16.9 Å². The molecule has 7 heteroatoms. The van der Waals surface area contributed by atoms with Gasteiger partial charge in [-0.05, 0) is 68.2 Å². The molecule has 0 unspecified atom stereocenters. The molecule has 0 aliphatic heterocycles. The molecule has 5 N–H and O–H groups in total. The van der Waals surface area contributed by atoms with Crippen LogP contribution < -0.4 is 5.73 Å². The van der Waals surface area contributed by atoms with Gasteiger partial charge in [-0.3, -0.25) is 14.4 Å².